The van der Waals surface area contributed by atoms with Gasteiger partial charge in [0.25, 0.3) is 11.8 Å². The van der Waals surface area contributed by atoms with E-state index in [9.17, 15) is 9.59 Å². The number of benzene rings is 2. The molecule has 0 aliphatic carbocycles. The Balaban J connectivity index is 2.08. The Morgan fingerprint density at radius 1 is 0.920 bits per heavy atom. The Kier molecular flexibility index (Phi) is 5.02. The number of halogens is 1. The van der Waals surface area contributed by atoms with Gasteiger partial charge in [0.15, 0.2) is 0 Å². The molecule has 3 nitrogen and oxygen atoms in total. The number of thioether (sulfide) groups is 1. The molecule has 3 rings (SSSR count). The molecule has 5 heteroatoms. The summed E-state index contributed by atoms with van der Waals surface area (Å²) < 4.78 is 0. The van der Waals surface area contributed by atoms with Crippen LogP contribution in [0.25, 0.3) is 5.57 Å². The first-order valence-electron chi connectivity index (χ1n) is 8.01. The van der Waals surface area contributed by atoms with E-state index < -0.39 is 0 Å². The van der Waals surface area contributed by atoms with Gasteiger partial charge in [0.1, 0.15) is 0 Å². The second-order valence-corrected chi connectivity index (χ2v) is 7.72. The zero-order chi connectivity index (χ0) is 18.1. The molecule has 0 spiro atoms. The number of hydrogen-bond acceptors (Lipinski definition) is 3. The van der Waals surface area contributed by atoms with Crippen molar-refractivity contribution in [3.8, 4) is 0 Å². The second-order valence-electron chi connectivity index (χ2n) is 6.20. The minimum atomic E-state index is -0.240. The quantitative estimate of drug-likeness (QED) is 0.715. The van der Waals surface area contributed by atoms with Gasteiger partial charge >= 0.3 is 0 Å². The molecule has 128 valence electrons. The highest BCUT2D eigenvalue weighted by molar-refractivity contribution is 8.04. The highest BCUT2D eigenvalue weighted by atomic mass is 35.5. The molecule has 1 heterocycles. The summed E-state index contributed by atoms with van der Waals surface area (Å²) >= 11 is 7.24. The van der Waals surface area contributed by atoms with Gasteiger partial charge in [-0.3, -0.25) is 14.5 Å². The van der Waals surface area contributed by atoms with Crippen LogP contribution in [0.15, 0.2) is 58.3 Å². The Morgan fingerprint density at radius 2 is 1.52 bits per heavy atom. The van der Waals surface area contributed by atoms with Crippen molar-refractivity contribution in [1.29, 1.82) is 0 Å². The summed E-state index contributed by atoms with van der Waals surface area (Å²) in [4.78, 5) is 28.5. The van der Waals surface area contributed by atoms with E-state index in [-0.39, 0.29) is 17.9 Å². The predicted octanol–water partition coefficient (Wildman–Crippen LogP) is 4.93. The number of amides is 2. The fraction of sp³-hybridized carbons (Fsp3) is 0.200. The summed E-state index contributed by atoms with van der Waals surface area (Å²) in [5, 5.41) is 0.634. The Morgan fingerprint density at radius 3 is 2.08 bits per heavy atom. The lowest BCUT2D eigenvalue weighted by atomic mass is 10.0. The SMILES string of the molecule is Cc1ccc(C2=C(Sc3ccc(Cl)cc3)C(=O)N(C(C)C)C2=O)cc1. The summed E-state index contributed by atoms with van der Waals surface area (Å²) in [6.07, 6.45) is 0. The number of carbonyl (C=O) groups excluding carboxylic acids is 2. The van der Waals surface area contributed by atoms with E-state index in [1.807, 2.05) is 57.2 Å². The molecule has 0 bridgehead atoms. The van der Waals surface area contributed by atoms with Crippen LogP contribution >= 0.6 is 23.4 Å². The van der Waals surface area contributed by atoms with E-state index >= 15 is 0 Å². The molecule has 0 saturated carbocycles. The van der Waals surface area contributed by atoms with Gasteiger partial charge < -0.3 is 0 Å². The van der Waals surface area contributed by atoms with Crippen LogP contribution in [0.3, 0.4) is 0 Å². The highest BCUT2D eigenvalue weighted by Crippen LogP contribution is 2.40. The maximum Gasteiger partial charge on any atom is 0.268 e. The van der Waals surface area contributed by atoms with Gasteiger partial charge in [-0.2, -0.15) is 0 Å². The highest BCUT2D eigenvalue weighted by Gasteiger charge is 2.40. The van der Waals surface area contributed by atoms with E-state index in [1.54, 1.807) is 12.1 Å². The molecular formula is C20H18ClNO2S. The normalized spacial score (nSPS) is 14.8. The molecule has 0 radical (unpaired) electrons. The lowest BCUT2D eigenvalue weighted by Gasteiger charge is -2.19. The van der Waals surface area contributed by atoms with Crippen molar-refractivity contribution in [2.75, 3.05) is 0 Å². The van der Waals surface area contributed by atoms with Crippen LogP contribution in [0.2, 0.25) is 5.02 Å². The van der Waals surface area contributed by atoms with Gasteiger partial charge in [0, 0.05) is 16.0 Å². The summed E-state index contributed by atoms with van der Waals surface area (Å²) in [5.74, 6) is -0.476. The molecule has 2 aromatic rings. The van der Waals surface area contributed by atoms with Crippen molar-refractivity contribution in [1.82, 2.24) is 4.90 Å². The average molecular weight is 372 g/mol. The smallest absolute Gasteiger partial charge is 0.268 e. The summed E-state index contributed by atoms with van der Waals surface area (Å²) in [7, 11) is 0. The first-order valence-corrected chi connectivity index (χ1v) is 9.20. The lowest BCUT2D eigenvalue weighted by molar-refractivity contribution is -0.138. The van der Waals surface area contributed by atoms with Gasteiger partial charge in [-0.1, -0.05) is 53.2 Å². The molecule has 25 heavy (non-hydrogen) atoms. The molecule has 0 fully saturated rings. The zero-order valence-electron chi connectivity index (χ0n) is 14.2. The lowest BCUT2D eigenvalue weighted by Crippen LogP contribution is -2.37. The topological polar surface area (TPSA) is 37.4 Å². The second kappa shape index (κ2) is 7.06. The Hall–Kier alpha value is -2.04. The van der Waals surface area contributed by atoms with Crippen molar-refractivity contribution in [2.45, 2.75) is 31.7 Å². The molecule has 0 saturated heterocycles. The molecule has 0 atom stereocenters. The third-order valence-corrected chi connectivity index (χ3v) is 5.31. The van der Waals surface area contributed by atoms with Crippen molar-refractivity contribution < 1.29 is 9.59 Å². The molecule has 1 aliphatic rings. The number of hydrogen-bond donors (Lipinski definition) is 0. The van der Waals surface area contributed by atoms with Crippen molar-refractivity contribution >= 4 is 40.8 Å². The molecule has 0 N–H and O–H groups in total. The maximum absolute atomic E-state index is 12.9. The fourth-order valence-corrected chi connectivity index (χ4v) is 3.81. The van der Waals surface area contributed by atoms with Gasteiger partial charge in [0.2, 0.25) is 0 Å². The van der Waals surface area contributed by atoms with Crippen LogP contribution in [0, 0.1) is 6.92 Å². The van der Waals surface area contributed by atoms with E-state index in [0.29, 0.717) is 15.5 Å². The van der Waals surface area contributed by atoms with Gasteiger partial charge in [-0.25, -0.2) is 0 Å². The Bertz CT molecular complexity index is 854. The van der Waals surface area contributed by atoms with E-state index in [2.05, 4.69) is 0 Å². The molecule has 2 aromatic carbocycles. The van der Waals surface area contributed by atoms with Crippen molar-refractivity contribution in [2.24, 2.45) is 0 Å². The van der Waals surface area contributed by atoms with Crippen molar-refractivity contribution in [3.05, 3.63) is 69.6 Å². The first-order chi connectivity index (χ1) is 11.9. The van der Waals surface area contributed by atoms with Crippen LogP contribution in [0.5, 0.6) is 0 Å². The van der Waals surface area contributed by atoms with E-state index in [4.69, 9.17) is 11.6 Å². The minimum Gasteiger partial charge on any atom is -0.271 e. The molecule has 0 unspecified atom stereocenters. The van der Waals surface area contributed by atoms with Crippen molar-refractivity contribution in [3.63, 3.8) is 0 Å². The molecule has 0 aromatic heterocycles. The summed E-state index contributed by atoms with van der Waals surface area (Å²) in [6.45, 7) is 5.68. The maximum atomic E-state index is 12.9. The number of rotatable bonds is 4. The van der Waals surface area contributed by atoms with E-state index in [0.717, 1.165) is 16.0 Å². The monoisotopic (exact) mass is 371 g/mol. The van der Waals surface area contributed by atoms with Crippen LogP contribution in [-0.4, -0.2) is 22.8 Å². The van der Waals surface area contributed by atoms with Crippen LogP contribution in [0.1, 0.15) is 25.0 Å². The number of imide groups is 1. The third-order valence-electron chi connectivity index (χ3n) is 3.96. The third kappa shape index (κ3) is 3.51. The fourth-order valence-electron chi connectivity index (χ4n) is 2.69. The minimum absolute atomic E-state index is 0.191. The largest absolute Gasteiger partial charge is 0.271 e. The van der Waals surface area contributed by atoms with Gasteiger partial charge in [0.05, 0.1) is 10.5 Å². The first kappa shape index (κ1) is 17.8. The number of carbonyl (C=O) groups is 2. The number of nitrogens with zero attached hydrogens (tertiary/aromatic N) is 1. The summed E-state index contributed by atoms with van der Waals surface area (Å²) in [6, 6.07) is 14.7. The molecular weight excluding hydrogens is 354 g/mol. The number of aryl methyl sites for hydroxylation is 1. The van der Waals surface area contributed by atoms with Crippen LogP contribution < -0.4 is 0 Å². The van der Waals surface area contributed by atoms with Gasteiger partial charge in [-0.15, -0.1) is 0 Å². The Labute approximate surface area is 156 Å². The van der Waals surface area contributed by atoms with Crippen LogP contribution in [-0.2, 0) is 9.59 Å². The van der Waals surface area contributed by atoms with E-state index in [1.165, 1.54) is 16.7 Å². The predicted molar refractivity (Wildman–Crippen MR) is 102 cm³/mol. The molecule has 2 amide bonds. The van der Waals surface area contributed by atoms with Crippen LogP contribution in [0.4, 0.5) is 0 Å². The van der Waals surface area contributed by atoms with Gasteiger partial charge in [-0.05, 0) is 50.6 Å². The zero-order valence-corrected chi connectivity index (χ0v) is 15.8. The summed E-state index contributed by atoms with van der Waals surface area (Å²) in [5.41, 5.74) is 2.34. The molecule has 1 aliphatic heterocycles. The standard InChI is InChI=1S/C20H18ClNO2S/c1-12(2)22-19(23)17(14-6-4-13(3)5-7-14)18(20(22)24)25-16-10-8-15(21)9-11-16/h4-12H,1-3H3. The average Bonchev–Trinajstić information content (AvgIpc) is 2.81.